The van der Waals surface area contributed by atoms with Crippen LogP contribution in [-0.4, -0.2) is 30.9 Å². The molecule has 0 bridgehead atoms. The number of esters is 1. The molecule has 102 valence electrons. The molecule has 7 heteroatoms. The van der Waals surface area contributed by atoms with Gasteiger partial charge in [-0.05, 0) is 30.2 Å². The Balaban J connectivity index is 2.98. The molecule has 0 amide bonds. The first-order chi connectivity index (χ1) is 9.13. The fraction of sp³-hybridized carbons (Fsp3) is 0.417. The number of hydrogen-bond acceptors (Lipinski definition) is 5. The second-order valence-electron chi connectivity index (χ2n) is 3.62. The van der Waals surface area contributed by atoms with Crippen LogP contribution in [0.2, 0.25) is 0 Å². The number of hydrogen-bond donors (Lipinski definition) is 1. The van der Waals surface area contributed by atoms with E-state index in [4.69, 9.17) is 15.0 Å². The van der Waals surface area contributed by atoms with Crippen molar-refractivity contribution in [2.75, 3.05) is 13.7 Å². The molecule has 1 aromatic carbocycles. The highest BCUT2D eigenvalue weighted by atomic mass is 16.5. The number of methoxy groups -OCH3 is 1. The number of aliphatic hydroxyl groups is 1. The molecule has 2 atom stereocenters. The Labute approximate surface area is 110 Å². The van der Waals surface area contributed by atoms with Gasteiger partial charge in [-0.15, -0.1) is 0 Å². The zero-order valence-electron chi connectivity index (χ0n) is 10.7. The molecule has 0 aromatic heterocycles. The quantitative estimate of drug-likeness (QED) is 0.367. The van der Waals surface area contributed by atoms with Gasteiger partial charge in [0.25, 0.3) is 0 Å². The molecule has 0 aliphatic rings. The topological polar surface area (TPSA) is 105 Å². The minimum Gasteiger partial charge on any atom is -0.497 e. The lowest BCUT2D eigenvalue weighted by Gasteiger charge is -2.17. The van der Waals surface area contributed by atoms with Crippen molar-refractivity contribution in [1.82, 2.24) is 0 Å². The fourth-order valence-electron chi connectivity index (χ4n) is 1.53. The summed E-state index contributed by atoms with van der Waals surface area (Å²) < 4.78 is 9.70. The Morgan fingerprint density at radius 2 is 2.11 bits per heavy atom. The van der Waals surface area contributed by atoms with E-state index in [1.807, 2.05) is 0 Å². The average Bonchev–Trinajstić information content (AvgIpc) is 2.44. The second kappa shape index (κ2) is 7.25. The molecular formula is C12H15N3O4. The summed E-state index contributed by atoms with van der Waals surface area (Å²) in [5.41, 5.74) is 9.03. The summed E-state index contributed by atoms with van der Waals surface area (Å²) in [6.07, 6.45) is -1.54. The molecule has 0 spiro atoms. The van der Waals surface area contributed by atoms with Gasteiger partial charge in [0, 0.05) is 4.91 Å². The lowest BCUT2D eigenvalue weighted by atomic mass is 10.0. The molecule has 0 radical (unpaired) electrons. The summed E-state index contributed by atoms with van der Waals surface area (Å²) >= 11 is 0. The number of carbonyl (C=O) groups is 1. The van der Waals surface area contributed by atoms with Crippen LogP contribution in [0.4, 0.5) is 0 Å². The van der Waals surface area contributed by atoms with E-state index in [0.717, 1.165) is 0 Å². The monoisotopic (exact) mass is 265 g/mol. The van der Waals surface area contributed by atoms with Crippen molar-refractivity contribution in [1.29, 1.82) is 0 Å². The highest BCUT2D eigenvalue weighted by Crippen LogP contribution is 2.24. The number of azide groups is 1. The molecule has 1 rings (SSSR count). The highest BCUT2D eigenvalue weighted by Gasteiger charge is 2.27. The molecule has 7 nitrogen and oxygen atoms in total. The summed E-state index contributed by atoms with van der Waals surface area (Å²) in [6.45, 7) is 1.77. The third-order valence-electron chi connectivity index (χ3n) is 2.46. The predicted octanol–water partition coefficient (Wildman–Crippen LogP) is 1.97. The molecule has 2 unspecified atom stereocenters. The molecule has 0 fully saturated rings. The SMILES string of the molecule is CCOC(=O)C(O)C(N=[N+]=[N-])c1ccc(OC)cc1. The summed E-state index contributed by atoms with van der Waals surface area (Å²) in [7, 11) is 1.52. The Bertz CT molecular complexity index is 468. The summed E-state index contributed by atoms with van der Waals surface area (Å²) in [6, 6.07) is 5.48. The number of benzene rings is 1. The van der Waals surface area contributed by atoms with E-state index in [2.05, 4.69) is 10.0 Å². The van der Waals surface area contributed by atoms with E-state index in [1.54, 1.807) is 31.2 Å². The van der Waals surface area contributed by atoms with Crippen LogP contribution in [0.25, 0.3) is 10.4 Å². The van der Waals surface area contributed by atoms with E-state index < -0.39 is 18.1 Å². The van der Waals surface area contributed by atoms with E-state index in [9.17, 15) is 9.90 Å². The normalized spacial score (nSPS) is 13.0. The van der Waals surface area contributed by atoms with Gasteiger partial charge in [-0.25, -0.2) is 4.79 Å². The van der Waals surface area contributed by atoms with E-state index in [1.165, 1.54) is 7.11 Å². The van der Waals surface area contributed by atoms with E-state index >= 15 is 0 Å². The van der Waals surface area contributed by atoms with Gasteiger partial charge in [0.1, 0.15) is 5.75 Å². The molecule has 0 aliphatic heterocycles. The third kappa shape index (κ3) is 3.87. The van der Waals surface area contributed by atoms with Crippen molar-refractivity contribution >= 4 is 5.97 Å². The first kappa shape index (κ1) is 14.8. The molecule has 1 aromatic rings. The number of rotatable bonds is 6. The first-order valence-electron chi connectivity index (χ1n) is 5.66. The van der Waals surface area contributed by atoms with Gasteiger partial charge in [-0.3, -0.25) is 0 Å². The predicted molar refractivity (Wildman–Crippen MR) is 67.5 cm³/mol. The van der Waals surface area contributed by atoms with Gasteiger partial charge in [-0.1, -0.05) is 17.2 Å². The molecule has 0 aliphatic carbocycles. The van der Waals surface area contributed by atoms with Gasteiger partial charge >= 0.3 is 5.97 Å². The fourth-order valence-corrected chi connectivity index (χ4v) is 1.53. The molecule has 0 saturated carbocycles. The van der Waals surface area contributed by atoms with Crippen LogP contribution in [0.5, 0.6) is 5.75 Å². The minimum atomic E-state index is -1.54. The molecular weight excluding hydrogens is 250 g/mol. The smallest absolute Gasteiger partial charge is 0.335 e. The zero-order valence-corrected chi connectivity index (χ0v) is 10.7. The lowest BCUT2D eigenvalue weighted by molar-refractivity contribution is -0.154. The Morgan fingerprint density at radius 3 is 2.58 bits per heavy atom. The maximum absolute atomic E-state index is 11.5. The Hall–Kier alpha value is -2.24. The first-order valence-corrected chi connectivity index (χ1v) is 5.66. The average molecular weight is 265 g/mol. The van der Waals surface area contributed by atoms with Crippen LogP contribution in [0, 0.1) is 0 Å². The van der Waals surface area contributed by atoms with Gasteiger partial charge in [0.15, 0.2) is 6.10 Å². The summed E-state index contributed by atoms with van der Waals surface area (Å²) in [5.74, 6) is -0.204. The van der Waals surface area contributed by atoms with E-state index in [-0.39, 0.29) is 6.61 Å². The van der Waals surface area contributed by atoms with Crippen molar-refractivity contribution in [3.8, 4) is 5.75 Å². The van der Waals surface area contributed by atoms with Crippen molar-refractivity contribution in [2.45, 2.75) is 19.1 Å². The number of aliphatic hydroxyl groups excluding tert-OH is 1. The van der Waals surface area contributed by atoms with Crippen LogP contribution >= 0.6 is 0 Å². The minimum absolute atomic E-state index is 0.140. The van der Waals surface area contributed by atoms with E-state index in [0.29, 0.717) is 11.3 Å². The largest absolute Gasteiger partial charge is 0.497 e. The molecule has 0 heterocycles. The van der Waals surface area contributed by atoms with Crippen molar-refractivity contribution in [3.05, 3.63) is 40.3 Å². The van der Waals surface area contributed by atoms with Gasteiger partial charge in [-0.2, -0.15) is 0 Å². The van der Waals surface area contributed by atoms with Crippen molar-refractivity contribution in [2.24, 2.45) is 5.11 Å². The van der Waals surface area contributed by atoms with Crippen LogP contribution < -0.4 is 4.74 Å². The number of ether oxygens (including phenoxy) is 2. The van der Waals surface area contributed by atoms with Crippen LogP contribution in [0.1, 0.15) is 18.5 Å². The molecule has 19 heavy (non-hydrogen) atoms. The Morgan fingerprint density at radius 1 is 1.47 bits per heavy atom. The van der Waals surface area contributed by atoms with Crippen LogP contribution in [0.3, 0.4) is 0 Å². The molecule has 1 N–H and O–H groups in total. The molecule has 0 saturated heterocycles. The van der Waals surface area contributed by atoms with Crippen molar-refractivity contribution in [3.63, 3.8) is 0 Å². The number of carbonyl (C=O) groups excluding carboxylic acids is 1. The van der Waals surface area contributed by atoms with Gasteiger partial charge in [0.05, 0.1) is 19.8 Å². The Kier molecular flexibility index (Phi) is 5.66. The van der Waals surface area contributed by atoms with Gasteiger partial charge < -0.3 is 14.6 Å². The number of nitrogens with zero attached hydrogens (tertiary/aromatic N) is 3. The van der Waals surface area contributed by atoms with Gasteiger partial charge in [0.2, 0.25) is 0 Å². The highest BCUT2D eigenvalue weighted by molar-refractivity contribution is 5.75. The van der Waals surface area contributed by atoms with Crippen molar-refractivity contribution < 1.29 is 19.4 Å². The van der Waals surface area contributed by atoms with Crippen LogP contribution in [-0.2, 0) is 9.53 Å². The van der Waals surface area contributed by atoms with Crippen LogP contribution in [0.15, 0.2) is 29.4 Å². The maximum atomic E-state index is 11.5. The summed E-state index contributed by atoms with van der Waals surface area (Å²) in [5, 5.41) is 13.3. The maximum Gasteiger partial charge on any atom is 0.335 e. The summed E-state index contributed by atoms with van der Waals surface area (Å²) in [4.78, 5) is 14.1. The second-order valence-corrected chi connectivity index (χ2v) is 3.62. The standard InChI is InChI=1S/C12H15N3O4/c1-3-19-12(17)11(16)10(14-15-13)8-4-6-9(18-2)7-5-8/h4-7,10-11,16H,3H2,1-2H3. The lowest BCUT2D eigenvalue weighted by Crippen LogP contribution is -2.28. The zero-order chi connectivity index (χ0) is 14.3. The third-order valence-corrected chi connectivity index (χ3v) is 2.46.